The molecule has 0 spiro atoms. The molecule has 4 heteroatoms. The highest BCUT2D eigenvalue weighted by atomic mass is 79.9. The molecule has 2 fully saturated rings. The van der Waals surface area contributed by atoms with Crippen molar-refractivity contribution in [2.24, 2.45) is 5.92 Å². The average molecular weight is 350 g/mol. The largest absolute Gasteiger partial charge is 0.481 e. The molecule has 1 aromatic carbocycles. The Labute approximate surface area is 133 Å². The van der Waals surface area contributed by atoms with Crippen molar-refractivity contribution in [3.8, 4) is 0 Å². The summed E-state index contributed by atoms with van der Waals surface area (Å²) in [6, 6.07) is 7.94. The van der Waals surface area contributed by atoms with Crippen LogP contribution < -0.4 is 0 Å². The van der Waals surface area contributed by atoms with Crippen LogP contribution in [0.4, 0.5) is 0 Å². The van der Waals surface area contributed by atoms with Crippen LogP contribution in [-0.4, -0.2) is 34.1 Å². The van der Waals surface area contributed by atoms with Crippen LogP contribution in [0.25, 0.3) is 0 Å². The highest BCUT2D eigenvalue weighted by molar-refractivity contribution is 9.10. The van der Waals surface area contributed by atoms with Crippen molar-refractivity contribution >= 4 is 21.9 Å². The maximum absolute atomic E-state index is 11.4. The predicted octanol–water partition coefficient (Wildman–Crippen LogP) is 3.24. The molecule has 0 aromatic heterocycles. The van der Waals surface area contributed by atoms with Crippen molar-refractivity contribution in [2.45, 2.75) is 56.7 Å². The van der Waals surface area contributed by atoms with Gasteiger partial charge in [0.15, 0.2) is 0 Å². The number of carboxylic acids is 1. The fourth-order valence-electron chi connectivity index (χ4n) is 4.82. The smallest absolute Gasteiger partial charge is 0.308 e. The summed E-state index contributed by atoms with van der Waals surface area (Å²) in [6.07, 6.45) is 6.50. The van der Waals surface area contributed by atoms with E-state index in [1.54, 1.807) is 0 Å². The molecule has 2 bridgehead atoms. The van der Waals surface area contributed by atoms with Crippen molar-refractivity contribution in [1.82, 2.24) is 4.90 Å². The third kappa shape index (κ3) is 2.23. The molecule has 1 aromatic rings. The number of aryl methyl sites for hydroxylation is 1. The van der Waals surface area contributed by atoms with Gasteiger partial charge < -0.3 is 5.11 Å². The molecule has 4 rings (SSSR count). The van der Waals surface area contributed by atoms with E-state index in [-0.39, 0.29) is 12.0 Å². The molecule has 0 radical (unpaired) electrons. The Bertz CT molecular complexity index is 588. The van der Waals surface area contributed by atoms with Gasteiger partial charge in [-0.25, -0.2) is 0 Å². The van der Waals surface area contributed by atoms with Crippen LogP contribution in [-0.2, 0) is 17.6 Å². The maximum Gasteiger partial charge on any atom is 0.308 e. The van der Waals surface area contributed by atoms with Gasteiger partial charge in [0.05, 0.1) is 5.92 Å². The van der Waals surface area contributed by atoms with Crippen LogP contribution in [0, 0.1) is 5.92 Å². The first-order chi connectivity index (χ1) is 10.1. The Balaban J connectivity index is 1.56. The van der Waals surface area contributed by atoms with E-state index >= 15 is 0 Å². The molecule has 2 saturated heterocycles. The van der Waals surface area contributed by atoms with E-state index in [1.807, 2.05) is 0 Å². The van der Waals surface area contributed by atoms with E-state index in [9.17, 15) is 9.90 Å². The summed E-state index contributed by atoms with van der Waals surface area (Å²) in [5.74, 6) is -0.720. The zero-order valence-electron chi connectivity index (χ0n) is 12.0. The van der Waals surface area contributed by atoms with E-state index in [0.717, 1.165) is 30.2 Å². The number of fused-ring (bicyclic) bond motifs is 3. The van der Waals surface area contributed by atoms with Gasteiger partial charge in [0.1, 0.15) is 0 Å². The molecular weight excluding hydrogens is 330 g/mol. The summed E-state index contributed by atoms with van der Waals surface area (Å²) in [6.45, 7) is 0. The first kappa shape index (κ1) is 13.8. The Hall–Kier alpha value is -0.870. The summed E-state index contributed by atoms with van der Waals surface area (Å²) in [5, 5.41) is 9.41. The third-order valence-corrected chi connectivity index (χ3v) is 6.19. The van der Waals surface area contributed by atoms with Crippen LogP contribution in [0.3, 0.4) is 0 Å². The summed E-state index contributed by atoms with van der Waals surface area (Å²) < 4.78 is 1.16. The fraction of sp³-hybridized carbons (Fsp3) is 0.588. The number of halogens is 1. The molecule has 1 aliphatic carbocycles. The standard InChI is InChI=1S/C17H20BrNO2/c18-12-3-1-11-8-13(4-2-10(11)7-12)19-14-5-6-16(19)15(9-14)17(20)21/h1,3,7,13-16H,2,4-6,8-9H2,(H,20,21). The van der Waals surface area contributed by atoms with Crippen LogP contribution in [0.15, 0.2) is 22.7 Å². The molecule has 21 heavy (non-hydrogen) atoms. The molecule has 1 N–H and O–H groups in total. The lowest BCUT2D eigenvalue weighted by Crippen LogP contribution is -2.43. The van der Waals surface area contributed by atoms with Crippen molar-refractivity contribution in [2.75, 3.05) is 0 Å². The number of hydrogen-bond donors (Lipinski definition) is 1. The second-order valence-corrected chi connectivity index (χ2v) is 7.65. The molecule has 4 unspecified atom stereocenters. The molecule has 0 saturated carbocycles. The van der Waals surface area contributed by atoms with Gasteiger partial charge in [0.25, 0.3) is 0 Å². The Morgan fingerprint density at radius 2 is 2.05 bits per heavy atom. The average Bonchev–Trinajstić information content (AvgIpc) is 3.04. The zero-order valence-corrected chi connectivity index (χ0v) is 13.6. The molecule has 4 atom stereocenters. The molecule has 2 heterocycles. The fourth-order valence-corrected chi connectivity index (χ4v) is 5.23. The maximum atomic E-state index is 11.4. The van der Waals surface area contributed by atoms with E-state index in [1.165, 1.54) is 24.0 Å². The van der Waals surface area contributed by atoms with E-state index < -0.39 is 5.97 Å². The van der Waals surface area contributed by atoms with E-state index in [2.05, 4.69) is 39.0 Å². The van der Waals surface area contributed by atoms with Gasteiger partial charge in [-0.05, 0) is 61.8 Å². The topological polar surface area (TPSA) is 40.5 Å². The molecular formula is C17H20BrNO2. The number of aliphatic carboxylic acids is 1. The van der Waals surface area contributed by atoms with Gasteiger partial charge in [-0.1, -0.05) is 22.0 Å². The Kier molecular flexibility index (Phi) is 3.34. The second-order valence-electron chi connectivity index (χ2n) is 6.74. The highest BCUT2D eigenvalue weighted by Gasteiger charge is 2.51. The van der Waals surface area contributed by atoms with Gasteiger partial charge in [-0.15, -0.1) is 0 Å². The van der Waals surface area contributed by atoms with Crippen LogP contribution in [0.1, 0.15) is 36.8 Å². The lowest BCUT2D eigenvalue weighted by molar-refractivity contribution is -0.142. The Morgan fingerprint density at radius 1 is 1.19 bits per heavy atom. The molecule has 112 valence electrons. The molecule has 0 amide bonds. The normalized spacial score (nSPS) is 34.9. The van der Waals surface area contributed by atoms with Crippen molar-refractivity contribution in [1.29, 1.82) is 0 Å². The van der Waals surface area contributed by atoms with Gasteiger partial charge >= 0.3 is 5.97 Å². The summed E-state index contributed by atoms with van der Waals surface area (Å²) in [7, 11) is 0. The number of benzene rings is 1. The van der Waals surface area contributed by atoms with Gasteiger partial charge in [-0.2, -0.15) is 0 Å². The quantitative estimate of drug-likeness (QED) is 0.890. The minimum absolute atomic E-state index is 0.130. The minimum atomic E-state index is -0.590. The first-order valence-corrected chi connectivity index (χ1v) is 8.70. The van der Waals surface area contributed by atoms with Crippen LogP contribution in [0.5, 0.6) is 0 Å². The first-order valence-electron chi connectivity index (χ1n) is 7.91. The van der Waals surface area contributed by atoms with Crippen LogP contribution in [0.2, 0.25) is 0 Å². The van der Waals surface area contributed by atoms with Gasteiger partial charge in [-0.3, -0.25) is 9.69 Å². The SMILES string of the molecule is O=C(O)C1CC2CCC1N2C1CCc2cc(Br)ccc2C1. The number of nitrogens with zero attached hydrogens (tertiary/aromatic N) is 1. The van der Waals surface area contributed by atoms with Crippen molar-refractivity contribution in [3.05, 3.63) is 33.8 Å². The zero-order chi connectivity index (χ0) is 14.6. The summed E-state index contributed by atoms with van der Waals surface area (Å²) >= 11 is 3.55. The van der Waals surface area contributed by atoms with Crippen molar-refractivity contribution in [3.63, 3.8) is 0 Å². The predicted molar refractivity (Wildman–Crippen MR) is 84.3 cm³/mol. The van der Waals surface area contributed by atoms with Gasteiger partial charge in [0.2, 0.25) is 0 Å². The molecule has 3 nitrogen and oxygen atoms in total. The lowest BCUT2D eigenvalue weighted by Gasteiger charge is -2.36. The van der Waals surface area contributed by atoms with Gasteiger partial charge in [0, 0.05) is 22.6 Å². The van der Waals surface area contributed by atoms with E-state index in [4.69, 9.17) is 0 Å². The Morgan fingerprint density at radius 3 is 2.81 bits per heavy atom. The monoisotopic (exact) mass is 349 g/mol. The molecule has 2 aliphatic heterocycles. The number of hydrogen-bond acceptors (Lipinski definition) is 2. The van der Waals surface area contributed by atoms with Crippen molar-refractivity contribution < 1.29 is 9.90 Å². The minimum Gasteiger partial charge on any atom is -0.481 e. The third-order valence-electron chi connectivity index (χ3n) is 5.70. The number of rotatable bonds is 2. The number of carbonyl (C=O) groups is 1. The highest BCUT2D eigenvalue weighted by Crippen LogP contribution is 2.45. The summed E-state index contributed by atoms with van der Waals surface area (Å²) in [4.78, 5) is 14.0. The van der Waals surface area contributed by atoms with E-state index in [0.29, 0.717) is 12.1 Å². The molecule has 3 aliphatic rings. The summed E-state index contributed by atoms with van der Waals surface area (Å²) in [5.41, 5.74) is 2.91. The second kappa shape index (κ2) is 5.10. The number of carboxylic acid groups (broad SMARTS) is 1. The van der Waals surface area contributed by atoms with Crippen LogP contribution >= 0.6 is 15.9 Å². The lowest BCUT2D eigenvalue weighted by atomic mass is 9.87.